The van der Waals surface area contributed by atoms with E-state index in [4.69, 9.17) is 15.2 Å². The van der Waals surface area contributed by atoms with Gasteiger partial charge in [-0.1, -0.05) is 18.2 Å². The minimum atomic E-state index is -0.547. The van der Waals surface area contributed by atoms with Crippen molar-refractivity contribution in [1.82, 2.24) is 4.98 Å². The number of para-hydroxylation sites is 1. The van der Waals surface area contributed by atoms with Crippen LogP contribution in [0.1, 0.15) is 31.3 Å². The molecule has 22 heavy (non-hydrogen) atoms. The third-order valence-corrected chi connectivity index (χ3v) is 2.93. The smallest absolute Gasteiger partial charge is 0.357 e. The lowest BCUT2D eigenvalue weighted by Gasteiger charge is -2.19. The van der Waals surface area contributed by atoms with Crippen LogP contribution in [-0.4, -0.2) is 23.7 Å². The summed E-state index contributed by atoms with van der Waals surface area (Å²) in [7, 11) is 1.57. The number of hydrogen-bond donors (Lipinski definition) is 1. The van der Waals surface area contributed by atoms with Crippen molar-refractivity contribution < 1.29 is 14.3 Å². The van der Waals surface area contributed by atoms with Crippen LogP contribution in [0.3, 0.4) is 0 Å². The zero-order valence-corrected chi connectivity index (χ0v) is 13.2. The van der Waals surface area contributed by atoms with Gasteiger partial charge in [0.05, 0.1) is 12.8 Å². The van der Waals surface area contributed by atoms with Gasteiger partial charge in [-0.05, 0) is 32.9 Å². The lowest BCUT2D eigenvalue weighted by atomic mass is 10.1. The van der Waals surface area contributed by atoms with E-state index in [0.29, 0.717) is 11.4 Å². The molecule has 5 heteroatoms. The molecular formula is C17H20N2O3. The molecule has 0 amide bonds. The van der Waals surface area contributed by atoms with E-state index in [1.807, 2.05) is 32.9 Å². The number of ether oxygens (including phenoxy) is 2. The summed E-state index contributed by atoms with van der Waals surface area (Å²) in [6.07, 6.45) is 1.61. The fourth-order valence-electron chi connectivity index (χ4n) is 2.01. The van der Waals surface area contributed by atoms with Gasteiger partial charge < -0.3 is 15.2 Å². The minimum absolute atomic E-state index is 0.265. The molecule has 0 spiro atoms. The first kappa shape index (κ1) is 15.8. The summed E-state index contributed by atoms with van der Waals surface area (Å²) in [5.74, 6) is 0.146. The Morgan fingerprint density at radius 3 is 2.45 bits per heavy atom. The zero-order valence-electron chi connectivity index (χ0n) is 13.2. The van der Waals surface area contributed by atoms with Gasteiger partial charge in [0.2, 0.25) is 0 Å². The first-order valence-electron chi connectivity index (χ1n) is 6.94. The third-order valence-electron chi connectivity index (χ3n) is 2.93. The van der Waals surface area contributed by atoms with Gasteiger partial charge in [0.1, 0.15) is 17.0 Å². The number of rotatable bonds is 3. The van der Waals surface area contributed by atoms with Gasteiger partial charge in [-0.2, -0.15) is 0 Å². The molecule has 2 N–H and O–H groups in total. The average Bonchev–Trinajstić information content (AvgIpc) is 2.45. The Bertz CT molecular complexity index is 673. The molecule has 0 aliphatic heterocycles. The van der Waals surface area contributed by atoms with Gasteiger partial charge in [0.25, 0.3) is 0 Å². The normalized spacial score (nSPS) is 11.1. The SMILES string of the molecule is COc1c(N)cccc1-c1ccc(C(=O)OC(C)(C)C)nc1. The second kappa shape index (κ2) is 6.05. The number of pyridine rings is 1. The molecule has 1 aromatic heterocycles. The molecule has 0 fully saturated rings. The van der Waals surface area contributed by atoms with Crippen molar-refractivity contribution >= 4 is 11.7 Å². The van der Waals surface area contributed by atoms with E-state index in [0.717, 1.165) is 11.1 Å². The van der Waals surface area contributed by atoms with Crippen molar-refractivity contribution in [2.45, 2.75) is 26.4 Å². The molecule has 0 atom stereocenters. The van der Waals surface area contributed by atoms with Crippen molar-refractivity contribution in [1.29, 1.82) is 0 Å². The highest BCUT2D eigenvalue weighted by Crippen LogP contribution is 2.34. The quantitative estimate of drug-likeness (QED) is 0.695. The number of carbonyl (C=O) groups is 1. The Balaban J connectivity index is 2.30. The van der Waals surface area contributed by atoms with Crippen LogP contribution in [0.25, 0.3) is 11.1 Å². The van der Waals surface area contributed by atoms with Gasteiger partial charge in [0.15, 0.2) is 0 Å². The summed E-state index contributed by atoms with van der Waals surface area (Å²) in [5.41, 5.74) is 7.81. The number of hydrogen-bond acceptors (Lipinski definition) is 5. The molecule has 0 aliphatic rings. The second-order valence-corrected chi connectivity index (χ2v) is 5.86. The number of anilines is 1. The molecule has 5 nitrogen and oxygen atoms in total. The average molecular weight is 300 g/mol. The van der Waals surface area contributed by atoms with Crippen LogP contribution in [0.4, 0.5) is 5.69 Å². The number of aromatic nitrogens is 1. The van der Waals surface area contributed by atoms with Crippen molar-refractivity contribution in [2.24, 2.45) is 0 Å². The molecule has 1 aromatic carbocycles. The first-order chi connectivity index (χ1) is 10.3. The summed E-state index contributed by atoms with van der Waals surface area (Å²) < 4.78 is 10.6. The highest BCUT2D eigenvalue weighted by molar-refractivity contribution is 5.88. The zero-order chi connectivity index (χ0) is 16.3. The molecule has 0 saturated heterocycles. The maximum absolute atomic E-state index is 12.0. The number of carbonyl (C=O) groups excluding carboxylic acids is 1. The molecule has 0 unspecified atom stereocenters. The van der Waals surface area contributed by atoms with Crippen molar-refractivity contribution in [3.05, 3.63) is 42.2 Å². The fraction of sp³-hybridized carbons (Fsp3) is 0.294. The summed E-state index contributed by atoms with van der Waals surface area (Å²) in [6.45, 7) is 5.45. The summed E-state index contributed by atoms with van der Waals surface area (Å²) in [5, 5.41) is 0. The topological polar surface area (TPSA) is 74.4 Å². The summed E-state index contributed by atoms with van der Waals surface area (Å²) >= 11 is 0. The van der Waals surface area contributed by atoms with Crippen LogP contribution in [0.15, 0.2) is 36.5 Å². The first-order valence-corrected chi connectivity index (χ1v) is 6.94. The number of nitrogen functional groups attached to an aromatic ring is 1. The fourth-order valence-corrected chi connectivity index (χ4v) is 2.01. The van der Waals surface area contributed by atoms with E-state index in [9.17, 15) is 4.79 Å². The van der Waals surface area contributed by atoms with Gasteiger partial charge >= 0.3 is 5.97 Å². The lowest BCUT2D eigenvalue weighted by molar-refractivity contribution is 0.00629. The summed E-state index contributed by atoms with van der Waals surface area (Å²) in [6, 6.07) is 8.93. The minimum Gasteiger partial charge on any atom is -0.494 e. The number of nitrogens with two attached hydrogens (primary N) is 1. The van der Waals surface area contributed by atoms with E-state index >= 15 is 0 Å². The van der Waals surface area contributed by atoms with Crippen LogP contribution in [-0.2, 0) is 4.74 Å². The highest BCUT2D eigenvalue weighted by atomic mass is 16.6. The van der Waals surface area contributed by atoms with Crippen molar-refractivity contribution in [3.8, 4) is 16.9 Å². The Morgan fingerprint density at radius 2 is 1.91 bits per heavy atom. The molecule has 2 aromatic rings. The Kier molecular flexibility index (Phi) is 4.35. The van der Waals surface area contributed by atoms with Gasteiger partial charge in [-0.15, -0.1) is 0 Å². The monoisotopic (exact) mass is 300 g/mol. The van der Waals surface area contributed by atoms with E-state index in [1.165, 1.54) is 0 Å². The van der Waals surface area contributed by atoms with Gasteiger partial charge in [-0.3, -0.25) is 0 Å². The molecule has 1 heterocycles. The predicted octanol–water partition coefficient (Wildman–Crippen LogP) is 3.29. The van der Waals surface area contributed by atoms with Gasteiger partial charge in [0, 0.05) is 17.3 Å². The van der Waals surface area contributed by atoms with Crippen LogP contribution in [0.5, 0.6) is 5.75 Å². The van der Waals surface area contributed by atoms with E-state index < -0.39 is 11.6 Å². The summed E-state index contributed by atoms with van der Waals surface area (Å²) in [4.78, 5) is 16.1. The highest BCUT2D eigenvalue weighted by Gasteiger charge is 2.19. The van der Waals surface area contributed by atoms with Crippen LogP contribution in [0, 0.1) is 0 Å². The maximum Gasteiger partial charge on any atom is 0.357 e. The Labute approximate surface area is 130 Å². The van der Waals surface area contributed by atoms with Crippen LogP contribution in [0.2, 0.25) is 0 Å². The number of benzene rings is 1. The largest absolute Gasteiger partial charge is 0.494 e. The van der Waals surface area contributed by atoms with E-state index in [-0.39, 0.29) is 5.69 Å². The Morgan fingerprint density at radius 1 is 1.18 bits per heavy atom. The Hall–Kier alpha value is -2.56. The van der Waals surface area contributed by atoms with Crippen molar-refractivity contribution in [3.63, 3.8) is 0 Å². The standard InChI is InChI=1S/C17H20N2O3/c1-17(2,3)22-16(20)14-9-8-11(10-19-14)12-6-5-7-13(18)15(12)21-4/h5-10H,18H2,1-4H3. The van der Waals surface area contributed by atoms with Crippen molar-refractivity contribution in [2.75, 3.05) is 12.8 Å². The molecule has 116 valence electrons. The number of esters is 1. The molecule has 2 rings (SSSR count). The molecule has 0 aliphatic carbocycles. The molecule has 0 radical (unpaired) electrons. The van der Waals surface area contributed by atoms with E-state index in [1.54, 1.807) is 31.5 Å². The predicted molar refractivity (Wildman–Crippen MR) is 85.8 cm³/mol. The molecular weight excluding hydrogens is 280 g/mol. The number of nitrogens with zero attached hydrogens (tertiary/aromatic N) is 1. The van der Waals surface area contributed by atoms with E-state index in [2.05, 4.69) is 4.98 Å². The van der Waals surface area contributed by atoms with Crippen LogP contribution < -0.4 is 10.5 Å². The van der Waals surface area contributed by atoms with Crippen LogP contribution >= 0.6 is 0 Å². The van der Waals surface area contributed by atoms with Gasteiger partial charge in [-0.25, -0.2) is 9.78 Å². The number of methoxy groups -OCH3 is 1. The third kappa shape index (κ3) is 3.55. The molecule has 0 bridgehead atoms. The lowest BCUT2D eigenvalue weighted by Crippen LogP contribution is -2.24. The maximum atomic E-state index is 12.0. The molecule has 0 saturated carbocycles. The second-order valence-electron chi connectivity index (χ2n) is 5.86.